The molecule has 254 valence electrons. The predicted octanol–water partition coefficient (Wildman–Crippen LogP) is 6.02. The zero-order valence-electron chi connectivity index (χ0n) is 26.6. The van der Waals surface area contributed by atoms with Crippen LogP contribution in [0.3, 0.4) is 0 Å². The number of unbranched alkanes of at least 4 members (excludes halogenated alkanes) is 9. The summed E-state index contributed by atoms with van der Waals surface area (Å²) in [6.07, 6.45) is 15.9. The summed E-state index contributed by atoms with van der Waals surface area (Å²) in [7, 11) is 0. The van der Waals surface area contributed by atoms with Gasteiger partial charge in [-0.15, -0.1) is 0 Å². The van der Waals surface area contributed by atoms with Gasteiger partial charge in [0.05, 0.1) is 25.0 Å². The van der Waals surface area contributed by atoms with Crippen LogP contribution in [0.1, 0.15) is 110 Å². The molecule has 0 aliphatic rings. The average molecular weight is 639 g/mol. The third-order valence-corrected chi connectivity index (χ3v) is 6.79. The van der Waals surface area contributed by atoms with Gasteiger partial charge in [0.1, 0.15) is 19.8 Å². The molecule has 0 amide bonds. The number of carbonyl (C=O) groups excluding carboxylic acids is 3. The standard InChI is InChI=1S/C30H50N6O9/c1-2-30(21-40-43-27(31)15-9-3-6-12-18-34-24-37,22-41-44-28(32)16-10-4-7-13-19-35-25-38)23-42-45-29(33)17-11-5-8-14-20-36-26-39/h31-33H,2-23H2,1H3. The summed E-state index contributed by atoms with van der Waals surface area (Å²) >= 11 is 0. The maximum Gasteiger partial charge on any atom is 0.234 e. The van der Waals surface area contributed by atoms with E-state index in [9.17, 15) is 14.4 Å². The van der Waals surface area contributed by atoms with Gasteiger partial charge in [-0.25, -0.2) is 29.4 Å². The van der Waals surface area contributed by atoms with Gasteiger partial charge in [0.15, 0.2) is 0 Å². The summed E-state index contributed by atoms with van der Waals surface area (Å²) < 4.78 is 0. The van der Waals surface area contributed by atoms with Crippen LogP contribution in [0.15, 0.2) is 15.0 Å². The second-order valence-electron chi connectivity index (χ2n) is 10.6. The average Bonchev–Trinajstić information content (AvgIpc) is 3.03. The van der Waals surface area contributed by atoms with E-state index >= 15 is 0 Å². The van der Waals surface area contributed by atoms with Crippen molar-refractivity contribution in [2.45, 2.75) is 110 Å². The number of aliphatic imine (C=N–C) groups is 3. The minimum Gasteiger partial charge on any atom is -0.322 e. The van der Waals surface area contributed by atoms with Crippen molar-refractivity contribution in [2.24, 2.45) is 20.4 Å². The number of hydrogen-bond donors (Lipinski definition) is 3. The predicted molar refractivity (Wildman–Crippen MR) is 165 cm³/mol. The first kappa shape index (κ1) is 41.4. The smallest absolute Gasteiger partial charge is 0.234 e. The fraction of sp³-hybridized carbons (Fsp3) is 0.800. The highest BCUT2D eigenvalue weighted by atomic mass is 17.2. The molecule has 45 heavy (non-hydrogen) atoms. The first-order chi connectivity index (χ1) is 21.9. The summed E-state index contributed by atoms with van der Waals surface area (Å²) in [4.78, 5) is 72.6. The highest BCUT2D eigenvalue weighted by Gasteiger charge is 2.33. The van der Waals surface area contributed by atoms with E-state index in [1.54, 1.807) is 0 Å². The highest BCUT2D eigenvalue weighted by Crippen LogP contribution is 2.25. The van der Waals surface area contributed by atoms with E-state index in [0.29, 0.717) is 45.3 Å². The van der Waals surface area contributed by atoms with Gasteiger partial charge in [-0.2, -0.15) is 14.7 Å². The summed E-state index contributed by atoms with van der Waals surface area (Å²) in [5.41, 5.74) is -0.835. The molecule has 0 unspecified atom stereocenters. The van der Waals surface area contributed by atoms with Gasteiger partial charge in [0, 0.05) is 19.3 Å². The van der Waals surface area contributed by atoms with Crippen LogP contribution < -0.4 is 0 Å². The maximum absolute atomic E-state index is 10.1. The van der Waals surface area contributed by atoms with Crippen LogP contribution in [0.2, 0.25) is 0 Å². The van der Waals surface area contributed by atoms with E-state index in [1.165, 1.54) is 18.2 Å². The van der Waals surface area contributed by atoms with Crippen LogP contribution in [0, 0.1) is 21.6 Å². The molecule has 0 atom stereocenters. The summed E-state index contributed by atoms with van der Waals surface area (Å²) in [5.74, 6) is -0.0841. The first-order valence-electron chi connectivity index (χ1n) is 15.6. The van der Waals surface area contributed by atoms with Gasteiger partial charge < -0.3 is 14.7 Å². The maximum atomic E-state index is 10.1. The topological polar surface area (TPSA) is 215 Å². The molecular weight excluding hydrogens is 588 g/mol. The van der Waals surface area contributed by atoms with Crippen molar-refractivity contribution < 1.29 is 43.7 Å². The fourth-order valence-electron chi connectivity index (χ4n) is 3.86. The molecule has 0 aromatic rings. The van der Waals surface area contributed by atoms with Gasteiger partial charge in [-0.3, -0.25) is 16.2 Å². The molecule has 3 N–H and O–H groups in total. The Morgan fingerprint density at radius 1 is 0.511 bits per heavy atom. The molecule has 0 radical (unpaired) electrons. The quantitative estimate of drug-likeness (QED) is 0.0202. The van der Waals surface area contributed by atoms with E-state index in [-0.39, 0.29) is 37.5 Å². The molecular formula is C30H50N6O9. The Bertz CT molecular complexity index is 845. The number of hydrogen-bond acceptors (Lipinski definition) is 15. The van der Waals surface area contributed by atoms with E-state index in [4.69, 9.17) is 45.6 Å². The molecule has 0 aromatic heterocycles. The Kier molecular flexibility index (Phi) is 28.0. The van der Waals surface area contributed by atoms with Gasteiger partial charge in [-0.1, -0.05) is 45.4 Å². The van der Waals surface area contributed by atoms with Crippen LogP contribution >= 0.6 is 0 Å². The van der Waals surface area contributed by atoms with Gasteiger partial charge in [0.25, 0.3) is 0 Å². The lowest BCUT2D eigenvalue weighted by Gasteiger charge is -2.29. The van der Waals surface area contributed by atoms with Gasteiger partial charge in [-0.05, 0) is 44.9 Å². The minimum atomic E-state index is -0.835. The zero-order chi connectivity index (χ0) is 33.3. The highest BCUT2D eigenvalue weighted by molar-refractivity contribution is 5.72. The van der Waals surface area contributed by atoms with E-state index in [2.05, 4.69) is 15.0 Å². The Morgan fingerprint density at radius 2 is 0.800 bits per heavy atom. The third-order valence-electron chi connectivity index (χ3n) is 6.79. The van der Waals surface area contributed by atoms with Crippen LogP contribution in [0.5, 0.6) is 0 Å². The van der Waals surface area contributed by atoms with E-state index < -0.39 is 5.41 Å². The SMILES string of the molecule is CCC(COOC(=N)CCCCCCN=C=O)(COOC(=N)CCCCCCN=C=O)COOC(=N)CCCCCCN=C=O. The number of nitrogens with one attached hydrogen (secondary N) is 3. The third kappa shape index (κ3) is 26.5. The zero-order valence-corrected chi connectivity index (χ0v) is 26.6. The molecule has 0 saturated carbocycles. The Balaban J connectivity index is 4.69. The van der Waals surface area contributed by atoms with Gasteiger partial charge in [0.2, 0.25) is 35.9 Å². The van der Waals surface area contributed by atoms with Crippen molar-refractivity contribution in [3.8, 4) is 0 Å². The van der Waals surface area contributed by atoms with Crippen LogP contribution in [0.25, 0.3) is 0 Å². The second kappa shape index (κ2) is 30.5. The lowest BCUT2D eigenvalue weighted by molar-refractivity contribution is -0.315. The molecule has 0 spiro atoms. The van der Waals surface area contributed by atoms with Crippen molar-refractivity contribution in [2.75, 3.05) is 39.5 Å². The number of isocyanates is 3. The lowest BCUT2D eigenvalue weighted by atomic mass is 9.88. The molecule has 0 aliphatic carbocycles. The summed E-state index contributed by atoms with van der Waals surface area (Å²) in [6.45, 7) is 3.15. The molecule has 0 fully saturated rings. The van der Waals surface area contributed by atoms with E-state index in [1.807, 2.05) is 6.92 Å². The molecule has 0 aliphatic heterocycles. The van der Waals surface area contributed by atoms with E-state index in [0.717, 1.165) is 77.0 Å². The van der Waals surface area contributed by atoms with Crippen LogP contribution in [0.4, 0.5) is 0 Å². The number of nitrogens with zero attached hydrogens (tertiary/aromatic N) is 3. The summed E-state index contributed by atoms with van der Waals surface area (Å²) in [5, 5.41) is 24.0. The van der Waals surface area contributed by atoms with Crippen molar-refractivity contribution in [3.05, 3.63) is 0 Å². The Labute approximate surface area is 265 Å². The Morgan fingerprint density at radius 3 is 1.07 bits per heavy atom. The van der Waals surface area contributed by atoms with Crippen LogP contribution in [-0.4, -0.2) is 75.4 Å². The number of rotatable bonds is 31. The monoisotopic (exact) mass is 638 g/mol. The molecule has 15 heteroatoms. The molecule has 0 rings (SSSR count). The minimum absolute atomic E-state index is 0.0280. The summed E-state index contributed by atoms with van der Waals surface area (Å²) in [6, 6.07) is 0. The molecule has 0 bridgehead atoms. The molecule has 0 aromatic carbocycles. The second-order valence-corrected chi connectivity index (χ2v) is 10.6. The van der Waals surface area contributed by atoms with Crippen LogP contribution in [-0.2, 0) is 43.7 Å². The first-order valence-corrected chi connectivity index (χ1v) is 15.6. The molecule has 0 saturated heterocycles. The normalized spacial score (nSPS) is 11.7. The van der Waals surface area contributed by atoms with Crippen molar-refractivity contribution in [1.82, 2.24) is 0 Å². The molecule has 15 nitrogen and oxygen atoms in total. The van der Waals surface area contributed by atoms with Crippen molar-refractivity contribution in [1.29, 1.82) is 16.2 Å². The lowest BCUT2D eigenvalue weighted by Crippen LogP contribution is -2.37. The van der Waals surface area contributed by atoms with Gasteiger partial charge >= 0.3 is 0 Å². The largest absolute Gasteiger partial charge is 0.322 e. The fourth-order valence-corrected chi connectivity index (χ4v) is 3.86. The van der Waals surface area contributed by atoms with Crippen molar-refractivity contribution >= 4 is 35.9 Å². The van der Waals surface area contributed by atoms with Crippen molar-refractivity contribution in [3.63, 3.8) is 0 Å². The molecule has 0 heterocycles. The Hall–Kier alpha value is -3.57.